The van der Waals surface area contributed by atoms with Gasteiger partial charge in [-0.25, -0.2) is 9.07 Å². The van der Waals surface area contributed by atoms with E-state index in [-0.39, 0.29) is 11.7 Å². The van der Waals surface area contributed by atoms with E-state index in [1.807, 2.05) is 36.5 Å². The normalized spacial score (nSPS) is 10.6. The van der Waals surface area contributed by atoms with Crippen LogP contribution in [0.5, 0.6) is 11.5 Å². The minimum atomic E-state index is -0.384. The van der Waals surface area contributed by atoms with E-state index in [9.17, 15) is 9.18 Å². The van der Waals surface area contributed by atoms with Crippen LogP contribution in [-0.4, -0.2) is 15.7 Å². The van der Waals surface area contributed by atoms with Gasteiger partial charge in [-0.3, -0.25) is 4.79 Å². The van der Waals surface area contributed by atoms with Crippen molar-refractivity contribution in [1.29, 1.82) is 0 Å². The first-order valence-corrected chi connectivity index (χ1v) is 9.59. The smallest absolute Gasteiger partial charge is 0.224 e. The highest BCUT2D eigenvalue weighted by molar-refractivity contribution is 5.92. The van der Waals surface area contributed by atoms with Gasteiger partial charge in [0, 0.05) is 18.7 Å². The van der Waals surface area contributed by atoms with Crippen LogP contribution in [0.3, 0.4) is 0 Å². The molecule has 0 radical (unpaired) electrons. The Bertz CT molecular complexity index is 1140. The lowest BCUT2D eigenvalue weighted by atomic mass is 10.2. The Kier molecular flexibility index (Phi) is 5.85. The first kappa shape index (κ1) is 19.4. The summed E-state index contributed by atoms with van der Waals surface area (Å²) in [6, 6.07) is 22.7. The molecule has 1 amide bonds. The molecule has 0 aliphatic heterocycles. The second-order valence-corrected chi connectivity index (χ2v) is 6.73. The molecule has 150 valence electrons. The summed E-state index contributed by atoms with van der Waals surface area (Å²) >= 11 is 0. The van der Waals surface area contributed by atoms with Crippen LogP contribution in [-0.2, 0) is 11.2 Å². The van der Waals surface area contributed by atoms with Gasteiger partial charge in [-0.05, 0) is 48.4 Å². The fourth-order valence-corrected chi connectivity index (χ4v) is 3.00. The van der Waals surface area contributed by atoms with Crippen molar-refractivity contribution in [2.45, 2.75) is 12.8 Å². The van der Waals surface area contributed by atoms with Gasteiger partial charge in [-0.2, -0.15) is 5.10 Å². The number of halogens is 1. The second kappa shape index (κ2) is 9.05. The number of nitrogens with zero attached hydrogens (tertiary/aromatic N) is 2. The number of hydrogen-bond donors (Lipinski definition) is 1. The number of aromatic nitrogens is 2. The van der Waals surface area contributed by atoms with Crippen molar-refractivity contribution in [2.24, 2.45) is 0 Å². The fourth-order valence-electron chi connectivity index (χ4n) is 3.00. The Balaban J connectivity index is 1.37. The van der Waals surface area contributed by atoms with Crippen LogP contribution in [0.25, 0.3) is 5.69 Å². The molecule has 0 spiro atoms. The van der Waals surface area contributed by atoms with Crippen LogP contribution >= 0.6 is 0 Å². The lowest BCUT2D eigenvalue weighted by Crippen LogP contribution is -2.12. The second-order valence-electron chi connectivity index (χ2n) is 6.73. The minimum Gasteiger partial charge on any atom is -0.455 e. The van der Waals surface area contributed by atoms with Crippen molar-refractivity contribution in [3.63, 3.8) is 0 Å². The third-order valence-corrected chi connectivity index (χ3v) is 4.48. The molecule has 0 aliphatic carbocycles. The Morgan fingerprint density at radius 3 is 2.63 bits per heavy atom. The van der Waals surface area contributed by atoms with Crippen LogP contribution < -0.4 is 10.1 Å². The zero-order valence-electron chi connectivity index (χ0n) is 16.2. The molecule has 0 unspecified atom stereocenters. The average Bonchev–Trinajstić information content (AvgIpc) is 3.24. The van der Waals surface area contributed by atoms with Crippen LogP contribution in [0.2, 0.25) is 0 Å². The number of hydrogen-bond acceptors (Lipinski definition) is 3. The number of para-hydroxylation sites is 3. The maximum Gasteiger partial charge on any atom is 0.224 e. The molecule has 4 aromatic rings. The molecule has 0 saturated carbocycles. The number of ether oxygens (including phenoxy) is 1. The quantitative estimate of drug-likeness (QED) is 0.453. The van der Waals surface area contributed by atoms with Crippen LogP contribution in [0.1, 0.15) is 12.0 Å². The van der Waals surface area contributed by atoms with E-state index in [0.717, 1.165) is 11.3 Å². The molecular weight excluding hydrogens is 381 g/mol. The zero-order valence-corrected chi connectivity index (χ0v) is 16.2. The topological polar surface area (TPSA) is 56.2 Å². The maximum absolute atomic E-state index is 13.4. The Morgan fingerprint density at radius 2 is 1.80 bits per heavy atom. The number of benzene rings is 3. The summed E-state index contributed by atoms with van der Waals surface area (Å²) in [6.07, 6.45) is 4.55. The highest BCUT2D eigenvalue weighted by Gasteiger charge is 2.10. The third kappa shape index (κ3) is 4.91. The standard InChI is InChI=1S/C24H20FN3O2/c25-19-7-6-10-21(15-19)30-23-12-5-4-11-22(23)27-24(29)14-13-18-16-26-28(17-18)20-8-2-1-3-9-20/h1-12,15-17H,13-14H2,(H,27,29). The summed E-state index contributed by atoms with van der Waals surface area (Å²) in [4.78, 5) is 12.5. The van der Waals surface area contributed by atoms with Gasteiger partial charge in [0.05, 0.1) is 17.6 Å². The van der Waals surface area contributed by atoms with Crippen molar-refractivity contribution in [2.75, 3.05) is 5.32 Å². The lowest BCUT2D eigenvalue weighted by molar-refractivity contribution is -0.116. The molecule has 1 aromatic heterocycles. The van der Waals surface area contributed by atoms with Crippen molar-refractivity contribution < 1.29 is 13.9 Å². The third-order valence-electron chi connectivity index (χ3n) is 4.48. The van der Waals surface area contributed by atoms with E-state index in [2.05, 4.69) is 10.4 Å². The summed E-state index contributed by atoms with van der Waals surface area (Å²) in [5, 5.41) is 7.22. The predicted molar refractivity (Wildman–Crippen MR) is 113 cm³/mol. The van der Waals surface area contributed by atoms with E-state index in [1.54, 1.807) is 47.3 Å². The minimum absolute atomic E-state index is 0.141. The van der Waals surface area contributed by atoms with E-state index in [1.165, 1.54) is 12.1 Å². The number of carbonyl (C=O) groups is 1. The number of rotatable bonds is 7. The number of nitrogens with one attached hydrogen (secondary N) is 1. The van der Waals surface area contributed by atoms with Gasteiger partial charge in [-0.15, -0.1) is 0 Å². The molecule has 4 rings (SSSR count). The van der Waals surface area contributed by atoms with Crippen molar-refractivity contribution in [1.82, 2.24) is 9.78 Å². The molecule has 5 nitrogen and oxygen atoms in total. The Morgan fingerprint density at radius 1 is 1.00 bits per heavy atom. The fraction of sp³-hybridized carbons (Fsp3) is 0.0833. The molecule has 1 heterocycles. The van der Waals surface area contributed by atoms with E-state index < -0.39 is 0 Å². The number of amides is 1. The van der Waals surface area contributed by atoms with E-state index in [0.29, 0.717) is 30.0 Å². The zero-order chi connectivity index (χ0) is 20.8. The van der Waals surface area contributed by atoms with Crippen molar-refractivity contribution >= 4 is 11.6 Å². The van der Waals surface area contributed by atoms with Crippen LogP contribution in [0.4, 0.5) is 10.1 Å². The summed E-state index contributed by atoms with van der Waals surface area (Å²) in [5.74, 6) is 0.293. The van der Waals surface area contributed by atoms with Gasteiger partial charge in [0.1, 0.15) is 11.6 Å². The monoisotopic (exact) mass is 401 g/mol. The SMILES string of the molecule is O=C(CCc1cnn(-c2ccccc2)c1)Nc1ccccc1Oc1cccc(F)c1. The summed E-state index contributed by atoms with van der Waals surface area (Å²) in [5.41, 5.74) is 2.47. The molecule has 0 fully saturated rings. The Labute approximate surface area is 173 Å². The number of aryl methyl sites for hydroxylation is 1. The van der Waals surface area contributed by atoms with Gasteiger partial charge in [0.25, 0.3) is 0 Å². The molecule has 6 heteroatoms. The van der Waals surface area contributed by atoms with Crippen LogP contribution in [0.15, 0.2) is 91.3 Å². The van der Waals surface area contributed by atoms with E-state index >= 15 is 0 Å². The average molecular weight is 401 g/mol. The number of carbonyl (C=O) groups excluding carboxylic acids is 1. The van der Waals surface area contributed by atoms with Gasteiger partial charge >= 0.3 is 0 Å². The molecule has 1 N–H and O–H groups in total. The van der Waals surface area contributed by atoms with Gasteiger partial charge in [0.15, 0.2) is 5.75 Å². The van der Waals surface area contributed by atoms with Gasteiger partial charge in [0.2, 0.25) is 5.91 Å². The number of anilines is 1. The first-order valence-electron chi connectivity index (χ1n) is 9.59. The molecule has 3 aromatic carbocycles. The molecule has 0 aliphatic rings. The molecule has 0 atom stereocenters. The predicted octanol–water partition coefficient (Wildman–Crippen LogP) is 5.38. The lowest BCUT2D eigenvalue weighted by Gasteiger charge is -2.12. The van der Waals surface area contributed by atoms with Crippen molar-refractivity contribution in [3.05, 3.63) is 103 Å². The van der Waals surface area contributed by atoms with Gasteiger partial charge < -0.3 is 10.1 Å². The maximum atomic E-state index is 13.4. The largest absolute Gasteiger partial charge is 0.455 e. The highest BCUT2D eigenvalue weighted by Crippen LogP contribution is 2.29. The van der Waals surface area contributed by atoms with Gasteiger partial charge in [-0.1, -0.05) is 36.4 Å². The summed E-state index contributed by atoms with van der Waals surface area (Å²) in [7, 11) is 0. The summed E-state index contributed by atoms with van der Waals surface area (Å²) in [6.45, 7) is 0. The molecule has 30 heavy (non-hydrogen) atoms. The summed E-state index contributed by atoms with van der Waals surface area (Å²) < 4.78 is 20.9. The molecule has 0 bridgehead atoms. The van der Waals surface area contributed by atoms with E-state index in [4.69, 9.17) is 4.74 Å². The first-order chi connectivity index (χ1) is 14.7. The molecule has 0 saturated heterocycles. The molecular formula is C24H20FN3O2. The highest BCUT2D eigenvalue weighted by atomic mass is 19.1. The Hall–Kier alpha value is -3.93. The van der Waals surface area contributed by atoms with Crippen LogP contribution in [0, 0.1) is 5.82 Å². The van der Waals surface area contributed by atoms with Crippen molar-refractivity contribution in [3.8, 4) is 17.2 Å².